The molecule has 1 aromatic carbocycles. The molecule has 1 aromatic heterocycles. The minimum Gasteiger partial charge on any atom is -0.461 e. The van der Waals surface area contributed by atoms with Crippen LogP contribution in [-0.4, -0.2) is 22.8 Å². The number of H-pyrrole nitrogens is 1. The van der Waals surface area contributed by atoms with Gasteiger partial charge in [0, 0.05) is 16.6 Å². The Hall–Kier alpha value is -1.95. The third kappa shape index (κ3) is 3.04. The highest BCUT2D eigenvalue weighted by atomic mass is 32.1. The lowest BCUT2D eigenvalue weighted by Gasteiger charge is -2.02. The zero-order valence-corrected chi connectivity index (χ0v) is 10.7. The van der Waals surface area contributed by atoms with Crippen LogP contribution in [0.5, 0.6) is 0 Å². The SMILES string of the molecule is CCOC(=O)c1cc(Nc2cccc(S)c2)n[nH]1. The smallest absolute Gasteiger partial charge is 0.356 e. The zero-order chi connectivity index (χ0) is 13.0. The van der Waals surface area contributed by atoms with Crippen LogP contribution in [-0.2, 0) is 4.74 Å². The van der Waals surface area contributed by atoms with Crippen LogP contribution in [0.1, 0.15) is 17.4 Å². The standard InChI is InChI=1S/C12H13N3O2S/c1-2-17-12(16)10-7-11(15-14-10)13-8-4-3-5-9(18)6-8/h3-7,18H,2H2,1H3,(H2,13,14,15). The Bertz CT molecular complexity index is 554. The topological polar surface area (TPSA) is 67.0 Å². The Labute approximate surface area is 110 Å². The van der Waals surface area contributed by atoms with Crippen molar-refractivity contribution in [2.75, 3.05) is 11.9 Å². The first-order valence-electron chi connectivity index (χ1n) is 5.47. The number of aromatic amines is 1. The van der Waals surface area contributed by atoms with Crippen molar-refractivity contribution in [2.24, 2.45) is 0 Å². The summed E-state index contributed by atoms with van der Waals surface area (Å²) in [5, 5.41) is 9.66. The maximum Gasteiger partial charge on any atom is 0.356 e. The minimum absolute atomic E-state index is 0.321. The molecule has 0 radical (unpaired) electrons. The van der Waals surface area contributed by atoms with E-state index in [0.717, 1.165) is 10.6 Å². The Balaban J connectivity index is 2.09. The molecule has 2 rings (SSSR count). The first-order valence-corrected chi connectivity index (χ1v) is 5.92. The van der Waals surface area contributed by atoms with E-state index in [9.17, 15) is 4.79 Å². The largest absolute Gasteiger partial charge is 0.461 e. The predicted octanol–water partition coefficient (Wildman–Crippen LogP) is 2.62. The molecule has 0 amide bonds. The molecule has 0 aliphatic carbocycles. The van der Waals surface area contributed by atoms with Crippen LogP contribution < -0.4 is 5.32 Å². The van der Waals surface area contributed by atoms with Crippen molar-refractivity contribution in [3.8, 4) is 0 Å². The quantitative estimate of drug-likeness (QED) is 0.586. The molecular formula is C12H13N3O2S. The highest BCUT2D eigenvalue weighted by Crippen LogP contribution is 2.18. The number of hydrogen-bond acceptors (Lipinski definition) is 5. The number of esters is 1. The van der Waals surface area contributed by atoms with Gasteiger partial charge in [0.1, 0.15) is 5.69 Å². The Kier molecular flexibility index (Phi) is 3.88. The van der Waals surface area contributed by atoms with Gasteiger partial charge in [0.25, 0.3) is 0 Å². The van der Waals surface area contributed by atoms with Crippen molar-refractivity contribution >= 4 is 30.1 Å². The number of anilines is 2. The molecule has 5 nitrogen and oxygen atoms in total. The van der Waals surface area contributed by atoms with Gasteiger partial charge in [0.2, 0.25) is 0 Å². The molecule has 0 fully saturated rings. The van der Waals surface area contributed by atoms with E-state index in [1.165, 1.54) is 0 Å². The number of benzene rings is 1. The summed E-state index contributed by atoms with van der Waals surface area (Å²) in [6.45, 7) is 2.09. The fraction of sp³-hybridized carbons (Fsp3) is 0.167. The first kappa shape index (κ1) is 12.5. The van der Waals surface area contributed by atoms with E-state index in [-0.39, 0.29) is 0 Å². The molecule has 0 saturated carbocycles. The summed E-state index contributed by atoms with van der Waals surface area (Å²) in [7, 11) is 0. The maximum absolute atomic E-state index is 11.4. The van der Waals surface area contributed by atoms with Gasteiger partial charge < -0.3 is 10.1 Å². The van der Waals surface area contributed by atoms with E-state index in [0.29, 0.717) is 18.1 Å². The molecule has 0 saturated heterocycles. The van der Waals surface area contributed by atoms with Crippen LogP contribution in [0.2, 0.25) is 0 Å². The number of ether oxygens (including phenoxy) is 1. The normalized spacial score (nSPS) is 10.1. The van der Waals surface area contributed by atoms with Gasteiger partial charge in [-0.3, -0.25) is 5.10 Å². The van der Waals surface area contributed by atoms with Crippen LogP contribution in [0.25, 0.3) is 0 Å². The van der Waals surface area contributed by atoms with Crippen molar-refractivity contribution in [1.29, 1.82) is 0 Å². The monoisotopic (exact) mass is 263 g/mol. The molecule has 2 N–H and O–H groups in total. The van der Waals surface area contributed by atoms with Gasteiger partial charge in [-0.15, -0.1) is 12.6 Å². The summed E-state index contributed by atoms with van der Waals surface area (Å²) in [5.41, 5.74) is 1.17. The first-order chi connectivity index (χ1) is 8.69. The summed E-state index contributed by atoms with van der Waals surface area (Å²) >= 11 is 4.24. The van der Waals surface area contributed by atoms with Gasteiger partial charge in [-0.1, -0.05) is 6.07 Å². The highest BCUT2D eigenvalue weighted by molar-refractivity contribution is 7.80. The maximum atomic E-state index is 11.4. The fourth-order valence-electron chi connectivity index (χ4n) is 1.43. The van der Waals surface area contributed by atoms with Gasteiger partial charge in [0.05, 0.1) is 6.61 Å². The average Bonchev–Trinajstić information content (AvgIpc) is 2.78. The molecule has 0 atom stereocenters. The summed E-state index contributed by atoms with van der Waals surface area (Å²) in [5.74, 6) is 0.137. The fourth-order valence-corrected chi connectivity index (χ4v) is 1.66. The molecule has 6 heteroatoms. The van der Waals surface area contributed by atoms with Crippen LogP contribution >= 0.6 is 12.6 Å². The molecule has 1 heterocycles. The summed E-state index contributed by atoms with van der Waals surface area (Å²) in [6, 6.07) is 9.11. The summed E-state index contributed by atoms with van der Waals surface area (Å²) in [4.78, 5) is 12.3. The third-order valence-corrected chi connectivity index (χ3v) is 2.47. The lowest BCUT2D eigenvalue weighted by Crippen LogP contribution is -2.04. The van der Waals surface area contributed by atoms with Crippen molar-refractivity contribution in [1.82, 2.24) is 10.2 Å². The van der Waals surface area contributed by atoms with Crippen LogP contribution in [0.15, 0.2) is 35.2 Å². The molecule has 18 heavy (non-hydrogen) atoms. The van der Waals surface area contributed by atoms with Crippen LogP contribution in [0.3, 0.4) is 0 Å². The van der Waals surface area contributed by atoms with E-state index in [1.807, 2.05) is 24.3 Å². The highest BCUT2D eigenvalue weighted by Gasteiger charge is 2.10. The summed E-state index contributed by atoms with van der Waals surface area (Å²) < 4.78 is 4.86. The molecule has 0 aliphatic rings. The van der Waals surface area contributed by atoms with E-state index >= 15 is 0 Å². The van der Waals surface area contributed by atoms with Crippen molar-refractivity contribution in [2.45, 2.75) is 11.8 Å². The number of hydrogen-bond donors (Lipinski definition) is 3. The van der Waals surface area contributed by atoms with Gasteiger partial charge in [-0.05, 0) is 25.1 Å². The van der Waals surface area contributed by atoms with Gasteiger partial charge in [0.15, 0.2) is 5.82 Å². The van der Waals surface area contributed by atoms with Crippen LogP contribution in [0, 0.1) is 0 Å². The van der Waals surface area contributed by atoms with Crippen molar-refractivity contribution in [3.63, 3.8) is 0 Å². The molecule has 0 spiro atoms. The Morgan fingerprint density at radius 3 is 3.06 bits per heavy atom. The molecular weight excluding hydrogens is 250 g/mol. The van der Waals surface area contributed by atoms with E-state index in [2.05, 4.69) is 28.1 Å². The average molecular weight is 263 g/mol. The third-order valence-electron chi connectivity index (χ3n) is 2.19. The second-order valence-corrected chi connectivity index (χ2v) is 4.08. The zero-order valence-electron chi connectivity index (χ0n) is 9.80. The Morgan fingerprint density at radius 2 is 2.33 bits per heavy atom. The second-order valence-electron chi connectivity index (χ2n) is 3.56. The number of aromatic nitrogens is 2. The lowest BCUT2D eigenvalue weighted by atomic mass is 10.3. The van der Waals surface area contributed by atoms with Crippen LogP contribution in [0.4, 0.5) is 11.5 Å². The number of nitrogens with one attached hydrogen (secondary N) is 2. The van der Waals surface area contributed by atoms with Gasteiger partial charge in [-0.2, -0.15) is 5.10 Å². The molecule has 94 valence electrons. The van der Waals surface area contributed by atoms with E-state index in [4.69, 9.17) is 4.74 Å². The van der Waals surface area contributed by atoms with Crippen molar-refractivity contribution < 1.29 is 9.53 Å². The van der Waals surface area contributed by atoms with E-state index in [1.54, 1.807) is 13.0 Å². The number of rotatable bonds is 4. The minimum atomic E-state index is -0.416. The van der Waals surface area contributed by atoms with Gasteiger partial charge in [-0.25, -0.2) is 4.79 Å². The molecule has 0 unspecified atom stereocenters. The number of nitrogens with zero attached hydrogens (tertiary/aromatic N) is 1. The number of thiol groups is 1. The van der Waals surface area contributed by atoms with Gasteiger partial charge >= 0.3 is 5.97 Å². The molecule has 2 aromatic rings. The second kappa shape index (κ2) is 5.59. The lowest BCUT2D eigenvalue weighted by molar-refractivity contribution is 0.0519. The number of carbonyl (C=O) groups excluding carboxylic acids is 1. The molecule has 0 bridgehead atoms. The predicted molar refractivity (Wildman–Crippen MR) is 71.5 cm³/mol. The van der Waals surface area contributed by atoms with E-state index < -0.39 is 5.97 Å². The number of carbonyl (C=O) groups is 1. The molecule has 0 aliphatic heterocycles. The summed E-state index contributed by atoms with van der Waals surface area (Å²) in [6.07, 6.45) is 0. The Morgan fingerprint density at radius 1 is 1.50 bits per heavy atom. The van der Waals surface area contributed by atoms with Crippen molar-refractivity contribution in [3.05, 3.63) is 36.0 Å².